The van der Waals surface area contributed by atoms with Crippen molar-refractivity contribution in [2.45, 2.75) is 51.2 Å². The molecule has 19 heavy (non-hydrogen) atoms. The molecule has 3 rings (SSSR count). The Morgan fingerprint density at radius 1 is 1.58 bits per heavy atom. The van der Waals surface area contributed by atoms with Crippen LogP contribution in [0.15, 0.2) is 23.8 Å². The van der Waals surface area contributed by atoms with Crippen LogP contribution in [0, 0.1) is 0 Å². The molecule has 0 aliphatic heterocycles. The van der Waals surface area contributed by atoms with E-state index in [2.05, 4.69) is 27.9 Å². The van der Waals surface area contributed by atoms with Crippen molar-refractivity contribution in [1.82, 2.24) is 9.55 Å². The van der Waals surface area contributed by atoms with E-state index in [0.717, 1.165) is 25.2 Å². The smallest absolute Gasteiger partial charge is 0.138 e. The fourth-order valence-electron chi connectivity index (χ4n) is 3.05. The number of hydrogen-bond donors (Lipinski definition) is 1. The summed E-state index contributed by atoms with van der Waals surface area (Å²) in [7, 11) is 0. The Bertz CT molecular complexity index is 546. The summed E-state index contributed by atoms with van der Waals surface area (Å²) in [6.45, 7) is 3.07. The molecule has 102 valence electrons. The van der Waals surface area contributed by atoms with Crippen LogP contribution < -0.4 is 0 Å². The molecule has 1 aliphatic carbocycles. The van der Waals surface area contributed by atoms with Gasteiger partial charge in [0.1, 0.15) is 11.9 Å². The molecule has 0 aromatic carbocycles. The number of hydrogen-bond acceptors (Lipinski definition) is 3. The quantitative estimate of drug-likeness (QED) is 0.928. The van der Waals surface area contributed by atoms with Crippen molar-refractivity contribution in [3.8, 4) is 0 Å². The maximum Gasteiger partial charge on any atom is 0.138 e. The number of aliphatic hydroxyl groups is 1. The molecule has 2 heterocycles. The van der Waals surface area contributed by atoms with Crippen molar-refractivity contribution in [2.24, 2.45) is 0 Å². The van der Waals surface area contributed by atoms with Crippen LogP contribution in [-0.4, -0.2) is 14.7 Å². The number of nitrogens with zero attached hydrogens (tertiary/aromatic N) is 2. The van der Waals surface area contributed by atoms with Crippen LogP contribution in [0.3, 0.4) is 0 Å². The number of rotatable bonds is 4. The molecule has 0 spiro atoms. The Kier molecular flexibility index (Phi) is 3.71. The summed E-state index contributed by atoms with van der Waals surface area (Å²) >= 11 is 1.82. The zero-order valence-corrected chi connectivity index (χ0v) is 12.1. The van der Waals surface area contributed by atoms with Crippen molar-refractivity contribution in [2.75, 3.05) is 0 Å². The van der Waals surface area contributed by atoms with E-state index in [9.17, 15) is 5.11 Å². The Morgan fingerprint density at radius 3 is 3.32 bits per heavy atom. The largest absolute Gasteiger partial charge is 0.385 e. The lowest BCUT2D eigenvalue weighted by atomic mass is 9.83. The minimum absolute atomic E-state index is 0.216. The maximum absolute atomic E-state index is 10.7. The molecule has 2 aromatic rings. The Labute approximate surface area is 117 Å². The van der Waals surface area contributed by atoms with Crippen LogP contribution in [0.2, 0.25) is 0 Å². The van der Waals surface area contributed by atoms with Crippen molar-refractivity contribution >= 4 is 11.3 Å². The lowest BCUT2D eigenvalue weighted by molar-refractivity contribution is 0.123. The number of aryl methyl sites for hydroxylation is 2. The number of fused-ring (bicyclic) bond motifs is 1. The molecular formula is C15H20N2OS. The summed E-state index contributed by atoms with van der Waals surface area (Å²) in [5.74, 6) is 1.04. The van der Waals surface area contributed by atoms with E-state index in [1.54, 1.807) is 6.20 Å². The van der Waals surface area contributed by atoms with Gasteiger partial charge in [0, 0.05) is 29.7 Å². The van der Waals surface area contributed by atoms with Crippen molar-refractivity contribution in [3.63, 3.8) is 0 Å². The first-order valence-corrected chi connectivity index (χ1v) is 7.94. The average molecular weight is 276 g/mol. The third-order valence-electron chi connectivity index (χ3n) is 3.96. The van der Waals surface area contributed by atoms with Gasteiger partial charge in [-0.25, -0.2) is 4.98 Å². The topological polar surface area (TPSA) is 38.0 Å². The molecule has 2 atom stereocenters. The van der Waals surface area contributed by atoms with Gasteiger partial charge in [0.05, 0.1) is 0 Å². The summed E-state index contributed by atoms with van der Waals surface area (Å²) in [4.78, 5) is 5.83. The van der Waals surface area contributed by atoms with Crippen LogP contribution in [0.1, 0.15) is 54.5 Å². The molecule has 1 N–H and O–H groups in total. The summed E-state index contributed by atoms with van der Waals surface area (Å²) in [5, 5.41) is 12.9. The van der Waals surface area contributed by atoms with E-state index in [1.807, 2.05) is 17.5 Å². The molecule has 0 amide bonds. The third kappa shape index (κ3) is 2.35. The lowest BCUT2D eigenvalue weighted by Gasteiger charge is -2.27. The van der Waals surface area contributed by atoms with Gasteiger partial charge in [-0.3, -0.25) is 0 Å². The minimum Gasteiger partial charge on any atom is -0.385 e. The van der Waals surface area contributed by atoms with Gasteiger partial charge in [0.15, 0.2) is 0 Å². The minimum atomic E-state index is -0.477. The Morgan fingerprint density at radius 2 is 2.47 bits per heavy atom. The molecule has 0 bridgehead atoms. The van der Waals surface area contributed by atoms with E-state index < -0.39 is 6.10 Å². The highest BCUT2D eigenvalue weighted by molar-refractivity contribution is 7.10. The van der Waals surface area contributed by atoms with E-state index in [0.29, 0.717) is 0 Å². The van der Waals surface area contributed by atoms with E-state index in [-0.39, 0.29) is 5.92 Å². The van der Waals surface area contributed by atoms with E-state index >= 15 is 0 Å². The molecule has 0 saturated carbocycles. The fourth-order valence-corrected chi connectivity index (χ4v) is 4.04. The third-order valence-corrected chi connectivity index (χ3v) is 4.95. The number of thiophene rings is 1. The maximum atomic E-state index is 10.7. The van der Waals surface area contributed by atoms with Gasteiger partial charge in [0.2, 0.25) is 0 Å². The first-order valence-electron chi connectivity index (χ1n) is 7.06. The van der Waals surface area contributed by atoms with Crippen LogP contribution in [-0.2, 0) is 13.0 Å². The van der Waals surface area contributed by atoms with Crippen LogP contribution in [0.4, 0.5) is 0 Å². The standard InChI is InChI=1S/C15H20N2OS/c1-2-8-17-9-7-16-15(17)14(18)12-4-3-5-13-11(12)6-10-19-13/h6-7,9-10,12,14,18H,2-5,8H2,1H3. The molecule has 0 radical (unpaired) electrons. The van der Waals surface area contributed by atoms with Crippen molar-refractivity contribution in [3.05, 3.63) is 40.1 Å². The Hall–Kier alpha value is -1.13. The normalized spacial score (nSPS) is 20.2. The lowest BCUT2D eigenvalue weighted by Crippen LogP contribution is -2.19. The SMILES string of the molecule is CCCn1ccnc1C(O)C1CCCc2sccc21. The second-order valence-electron chi connectivity index (χ2n) is 5.22. The first-order chi connectivity index (χ1) is 9.31. The van der Waals surface area contributed by atoms with E-state index in [1.165, 1.54) is 23.3 Å². The highest BCUT2D eigenvalue weighted by Gasteiger charge is 2.30. The highest BCUT2D eigenvalue weighted by atomic mass is 32.1. The number of aliphatic hydroxyl groups excluding tert-OH is 1. The van der Waals surface area contributed by atoms with Crippen LogP contribution in [0.25, 0.3) is 0 Å². The number of imidazole rings is 1. The zero-order valence-electron chi connectivity index (χ0n) is 11.2. The molecule has 2 aromatic heterocycles. The van der Waals surface area contributed by atoms with Gasteiger partial charge in [0.25, 0.3) is 0 Å². The molecule has 0 saturated heterocycles. The predicted molar refractivity (Wildman–Crippen MR) is 77.5 cm³/mol. The highest BCUT2D eigenvalue weighted by Crippen LogP contribution is 2.41. The Balaban J connectivity index is 1.89. The van der Waals surface area contributed by atoms with Gasteiger partial charge >= 0.3 is 0 Å². The molecular weight excluding hydrogens is 256 g/mol. The molecule has 4 heteroatoms. The van der Waals surface area contributed by atoms with Gasteiger partial charge in [-0.15, -0.1) is 11.3 Å². The molecule has 1 aliphatic rings. The fraction of sp³-hybridized carbons (Fsp3) is 0.533. The molecule has 3 nitrogen and oxygen atoms in total. The molecule has 2 unspecified atom stereocenters. The van der Waals surface area contributed by atoms with Crippen LogP contribution >= 0.6 is 11.3 Å². The number of aromatic nitrogens is 2. The summed E-state index contributed by atoms with van der Waals surface area (Å²) < 4.78 is 2.09. The van der Waals surface area contributed by atoms with Gasteiger partial charge < -0.3 is 9.67 Å². The zero-order chi connectivity index (χ0) is 13.2. The van der Waals surface area contributed by atoms with Crippen molar-refractivity contribution in [1.29, 1.82) is 0 Å². The summed E-state index contributed by atoms with van der Waals surface area (Å²) in [6.07, 6.45) is 7.75. The molecule has 0 fully saturated rings. The van der Waals surface area contributed by atoms with E-state index in [4.69, 9.17) is 0 Å². The van der Waals surface area contributed by atoms with Gasteiger partial charge in [-0.1, -0.05) is 6.92 Å². The van der Waals surface area contributed by atoms with Gasteiger partial charge in [-0.2, -0.15) is 0 Å². The van der Waals surface area contributed by atoms with Crippen molar-refractivity contribution < 1.29 is 5.11 Å². The average Bonchev–Trinajstić information content (AvgIpc) is 3.06. The second kappa shape index (κ2) is 5.47. The summed E-state index contributed by atoms with van der Waals surface area (Å²) in [5.41, 5.74) is 1.34. The monoisotopic (exact) mass is 276 g/mol. The summed E-state index contributed by atoms with van der Waals surface area (Å²) in [6, 6.07) is 2.18. The van der Waals surface area contributed by atoms with Gasteiger partial charge in [-0.05, 0) is 42.7 Å². The van der Waals surface area contributed by atoms with Crippen LogP contribution in [0.5, 0.6) is 0 Å². The second-order valence-corrected chi connectivity index (χ2v) is 6.22. The predicted octanol–water partition coefficient (Wildman–Crippen LogP) is 3.51. The first kappa shape index (κ1) is 12.9.